The number of anilines is 2. The molecule has 1 amide bonds. The number of imidazole rings is 1. The number of amides is 1. The van der Waals surface area contributed by atoms with Crippen LogP contribution in [-0.4, -0.2) is 58.7 Å². The molecule has 3 N–H and O–H groups in total. The zero-order valence-electron chi connectivity index (χ0n) is 20.1. The Morgan fingerprint density at radius 1 is 1.22 bits per heavy atom. The maximum Gasteiger partial charge on any atom is 0.255 e. The van der Waals surface area contributed by atoms with Gasteiger partial charge in [0.1, 0.15) is 17.9 Å². The van der Waals surface area contributed by atoms with Gasteiger partial charge >= 0.3 is 0 Å². The van der Waals surface area contributed by atoms with Crippen molar-refractivity contribution >= 4 is 22.9 Å². The van der Waals surface area contributed by atoms with E-state index in [1.807, 2.05) is 19.2 Å². The van der Waals surface area contributed by atoms with Crippen molar-refractivity contribution in [2.24, 2.45) is 0 Å². The molecule has 36 heavy (non-hydrogen) atoms. The number of nitriles is 1. The van der Waals surface area contributed by atoms with Crippen LogP contribution in [0.15, 0.2) is 43.1 Å². The minimum atomic E-state index is -1.65. The summed E-state index contributed by atoms with van der Waals surface area (Å²) in [6.45, 7) is 5.09. The lowest BCUT2D eigenvalue weighted by Crippen LogP contribution is -2.42. The van der Waals surface area contributed by atoms with E-state index in [-0.39, 0.29) is 12.1 Å². The zero-order chi connectivity index (χ0) is 25.9. The van der Waals surface area contributed by atoms with Crippen LogP contribution in [-0.2, 0) is 6.54 Å². The number of aromatic nitrogens is 6. The van der Waals surface area contributed by atoms with Gasteiger partial charge in [-0.05, 0) is 26.3 Å². The fourth-order valence-electron chi connectivity index (χ4n) is 3.45. The van der Waals surface area contributed by atoms with Gasteiger partial charge in [0.05, 0.1) is 58.9 Å². The van der Waals surface area contributed by atoms with E-state index in [2.05, 4.69) is 30.8 Å². The van der Waals surface area contributed by atoms with E-state index in [4.69, 9.17) is 5.26 Å². The SMILES string of the molecule is CCCn1cc(Nc2cc(-c3cnc4cc(C#N)cnn34)ncc2C(=O)NCC(F)C(C)(C)O)cn1. The van der Waals surface area contributed by atoms with Gasteiger partial charge in [0.25, 0.3) is 5.91 Å². The molecule has 4 heterocycles. The van der Waals surface area contributed by atoms with Crippen molar-refractivity contribution in [2.45, 2.75) is 45.5 Å². The summed E-state index contributed by atoms with van der Waals surface area (Å²) in [4.78, 5) is 21.7. The van der Waals surface area contributed by atoms with Gasteiger partial charge in [-0.3, -0.25) is 14.5 Å². The summed E-state index contributed by atoms with van der Waals surface area (Å²) in [5.41, 5.74) is 1.54. The molecule has 0 saturated heterocycles. The highest BCUT2D eigenvalue weighted by Gasteiger charge is 2.27. The first kappa shape index (κ1) is 24.7. The van der Waals surface area contributed by atoms with Crippen molar-refractivity contribution in [3.8, 4) is 17.5 Å². The maximum atomic E-state index is 14.2. The molecule has 0 aliphatic carbocycles. The number of alkyl halides is 1. The minimum Gasteiger partial charge on any atom is -0.387 e. The predicted molar refractivity (Wildman–Crippen MR) is 130 cm³/mol. The normalized spacial score (nSPS) is 12.3. The summed E-state index contributed by atoms with van der Waals surface area (Å²) in [5.74, 6) is -0.556. The van der Waals surface area contributed by atoms with Crippen molar-refractivity contribution in [3.05, 3.63) is 54.2 Å². The van der Waals surface area contributed by atoms with Crippen molar-refractivity contribution in [1.82, 2.24) is 34.7 Å². The molecule has 4 aromatic heterocycles. The van der Waals surface area contributed by atoms with Crippen LogP contribution in [0, 0.1) is 11.3 Å². The third-order valence-corrected chi connectivity index (χ3v) is 5.47. The van der Waals surface area contributed by atoms with Gasteiger partial charge in [-0.25, -0.2) is 13.9 Å². The van der Waals surface area contributed by atoms with E-state index >= 15 is 0 Å². The first-order valence-electron chi connectivity index (χ1n) is 11.4. The average Bonchev–Trinajstić information content (AvgIpc) is 3.48. The summed E-state index contributed by atoms with van der Waals surface area (Å²) >= 11 is 0. The van der Waals surface area contributed by atoms with Crippen molar-refractivity contribution in [2.75, 3.05) is 11.9 Å². The van der Waals surface area contributed by atoms with Gasteiger partial charge in [0.15, 0.2) is 5.65 Å². The lowest BCUT2D eigenvalue weighted by molar-refractivity contribution is -0.00177. The summed E-state index contributed by atoms with van der Waals surface area (Å²) < 4.78 is 17.5. The van der Waals surface area contributed by atoms with Gasteiger partial charge in [-0.15, -0.1) is 0 Å². The quantitative estimate of drug-likeness (QED) is 0.324. The number of aliphatic hydroxyl groups is 1. The minimum absolute atomic E-state index is 0.179. The number of fused-ring (bicyclic) bond motifs is 1. The number of pyridine rings is 1. The lowest BCUT2D eigenvalue weighted by atomic mass is 10.0. The zero-order valence-corrected chi connectivity index (χ0v) is 20.1. The molecule has 4 aromatic rings. The number of halogens is 1. The molecule has 0 saturated carbocycles. The second kappa shape index (κ2) is 10.1. The molecule has 0 aromatic carbocycles. The molecule has 12 heteroatoms. The number of carbonyl (C=O) groups excluding carboxylic acids is 1. The number of hydrogen-bond acceptors (Lipinski definition) is 8. The van der Waals surface area contributed by atoms with Crippen LogP contribution in [0.5, 0.6) is 0 Å². The summed E-state index contributed by atoms with van der Waals surface area (Å²) in [7, 11) is 0. The summed E-state index contributed by atoms with van der Waals surface area (Å²) in [5, 5.41) is 33.2. The largest absolute Gasteiger partial charge is 0.387 e. The number of nitrogens with zero attached hydrogens (tertiary/aromatic N) is 7. The van der Waals surface area contributed by atoms with Crippen LogP contribution in [0.4, 0.5) is 15.8 Å². The van der Waals surface area contributed by atoms with Crippen LogP contribution >= 0.6 is 0 Å². The first-order chi connectivity index (χ1) is 17.2. The molecule has 11 nitrogen and oxygen atoms in total. The fraction of sp³-hybridized carbons (Fsp3) is 0.333. The van der Waals surface area contributed by atoms with Gasteiger partial charge in [-0.2, -0.15) is 15.5 Å². The number of nitrogens with one attached hydrogen (secondary N) is 2. The van der Waals surface area contributed by atoms with E-state index in [0.29, 0.717) is 34.0 Å². The molecule has 0 bridgehead atoms. The monoisotopic (exact) mass is 491 g/mol. The van der Waals surface area contributed by atoms with Crippen LogP contribution in [0.3, 0.4) is 0 Å². The van der Waals surface area contributed by atoms with E-state index in [9.17, 15) is 14.3 Å². The molecule has 4 rings (SSSR count). The Balaban J connectivity index is 1.69. The van der Waals surface area contributed by atoms with E-state index in [1.165, 1.54) is 26.2 Å². The fourth-order valence-corrected chi connectivity index (χ4v) is 3.45. The van der Waals surface area contributed by atoms with Gasteiger partial charge in [0.2, 0.25) is 0 Å². The Hall–Kier alpha value is -4.37. The Kier molecular flexibility index (Phi) is 6.93. The third kappa shape index (κ3) is 5.31. The second-order valence-corrected chi connectivity index (χ2v) is 8.83. The molecule has 0 spiro atoms. The molecule has 186 valence electrons. The molecule has 1 atom stereocenters. The van der Waals surface area contributed by atoms with Crippen molar-refractivity contribution < 1.29 is 14.3 Å². The van der Waals surface area contributed by atoms with E-state index in [0.717, 1.165) is 13.0 Å². The van der Waals surface area contributed by atoms with Gasteiger partial charge in [0, 0.05) is 25.0 Å². The number of aryl methyl sites for hydroxylation is 1. The smallest absolute Gasteiger partial charge is 0.255 e. The molecule has 0 fully saturated rings. The van der Waals surface area contributed by atoms with Crippen LogP contribution < -0.4 is 10.6 Å². The topological polar surface area (TPSA) is 146 Å². The Morgan fingerprint density at radius 3 is 2.75 bits per heavy atom. The van der Waals surface area contributed by atoms with Crippen LogP contribution in [0.2, 0.25) is 0 Å². The number of hydrogen-bond donors (Lipinski definition) is 3. The number of rotatable bonds is 9. The second-order valence-electron chi connectivity index (χ2n) is 8.83. The summed E-state index contributed by atoms with van der Waals surface area (Å²) in [6.07, 6.45) is 7.10. The molecule has 0 aliphatic heterocycles. The molecule has 0 radical (unpaired) electrons. The molecule has 0 aliphatic rings. The molecule has 1 unspecified atom stereocenters. The summed E-state index contributed by atoms with van der Waals surface area (Å²) in [6, 6.07) is 5.30. The Bertz CT molecular complexity index is 1430. The van der Waals surface area contributed by atoms with Crippen LogP contribution in [0.25, 0.3) is 17.0 Å². The van der Waals surface area contributed by atoms with Gasteiger partial charge < -0.3 is 15.7 Å². The van der Waals surface area contributed by atoms with Crippen molar-refractivity contribution in [1.29, 1.82) is 5.26 Å². The first-order valence-corrected chi connectivity index (χ1v) is 11.4. The molecular formula is C24H26FN9O2. The Labute approximate surface area is 206 Å². The lowest BCUT2D eigenvalue weighted by Gasteiger charge is -2.22. The standard InChI is InChI=1S/C24H26FN9O2/c1-4-5-33-14-16(10-30-33)32-18-7-19(20-12-28-22-6-15(8-26)9-31-34(20)22)27-11-17(18)23(35)29-13-21(25)24(2,3)36/h6-7,9-12,14,21,36H,4-5,13H2,1-3H3,(H,27,32)(H,29,35). The maximum absolute atomic E-state index is 14.2. The van der Waals surface area contributed by atoms with E-state index < -0.39 is 17.7 Å². The Morgan fingerprint density at radius 2 is 2.03 bits per heavy atom. The van der Waals surface area contributed by atoms with Crippen molar-refractivity contribution in [3.63, 3.8) is 0 Å². The average molecular weight is 492 g/mol. The highest BCUT2D eigenvalue weighted by molar-refractivity contribution is 6.00. The van der Waals surface area contributed by atoms with E-state index in [1.54, 1.807) is 33.7 Å². The third-order valence-electron chi connectivity index (χ3n) is 5.47. The van der Waals surface area contributed by atoms with Crippen LogP contribution in [0.1, 0.15) is 43.1 Å². The highest BCUT2D eigenvalue weighted by Crippen LogP contribution is 2.27. The van der Waals surface area contributed by atoms with Gasteiger partial charge in [-0.1, -0.05) is 6.92 Å². The highest BCUT2D eigenvalue weighted by atomic mass is 19.1. The number of carbonyl (C=O) groups is 1. The predicted octanol–water partition coefficient (Wildman–Crippen LogP) is 2.85. The molecular weight excluding hydrogens is 465 g/mol.